The average Bonchev–Trinajstić information content (AvgIpc) is 2.38. The van der Waals surface area contributed by atoms with Crippen molar-refractivity contribution in [1.82, 2.24) is 15.0 Å². The number of aryl methyl sites for hydroxylation is 2. The molecule has 1 atom stereocenters. The Kier molecular flexibility index (Phi) is 4.17. The van der Waals surface area contributed by atoms with Gasteiger partial charge in [0, 0.05) is 30.1 Å². The Bertz CT molecular complexity index is 576. The summed E-state index contributed by atoms with van der Waals surface area (Å²) in [6.45, 7) is 8.95. The van der Waals surface area contributed by atoms with E-state index < -0.39 is 0 Å². The largest absolute Gasteiger partial charge is 0.383 e. The average molecular weight is 271 g/mol. The standard InChI is InChI=1S/C15H21N5/c1-5-20(14-9-10(2)18-12(4)19-14)11(3)13-7-6-8-17-15(13)16/h6-9,11H,5H2,1-4H3,(H2,16,17). The van der Waals surface area contributed by atoms with Crippen molar-refractivity contribution in [3.8, 4) is 0 Å². The first-order chi connectivity index (χ1) is 9.52. The third kappa shape index (κ3) is 2.87. The Balaban J connectivity index is 2.39. The molecule has 0 spiro atoms. The van der Waals surface area contributed by atoms with Gasteiger partial charge in [0.2, 0.25) is 0 Å². The second kappa shape index (κ2) is 5.86. The maximum absolute atomic E-state index is 5.98. The number of hydrogen-bond acceptors (Lipinski definition) is 5. The summed E-state index contributed by atoms with van der Waals surface area (Å²) >= 11 is 0. The van der Waals surface area contributed by atoms with Crippen molar-refractivity contribution in [3.05, 3.63) is 41.5 Å². The lowest BCUT2D eigenvalue weighted by atomic mass is 10.1. The highest BCUT2D eigenvalue weighted by Gasteiger charge is 2.19. The summed E-state index contributed by atoms with van der Waals surface area (Å²) in [5, 5.41) is 0. The van der Waals surface area contributed by atoms with Crippen LogP contribution in [-0.4, -0.2) is 21.5 Å². The molecule has 2 aromatic heterocycles. The maximum atomic E-state index is 5.98. The van der Waals surface area contributed by atoms with Crippen molar-refractivity contribution < 1.29 is 0 Å². The van der Waals surface area contributed by atoms with Gasteiger partial charge in [-0.05, 0) is 33.8 Å². The maximum Gasteiger partial charge on any atom is 0.133 e. The van der Waals surface area contributed by atoms with Crippen LogP contribution in [0.3, 0.4) is 0 Å². The number of nitrogens with zero attached hydrogens (tertiary/aromatic N) is 4. The molecule has 106 valence electrons. The number of pyridine rings is 1. The lowest BCUT2D eigenvalue weighted by Crippen LogP contribution is -2.28. The fourth-order valence-corrected chi connectivity index (χ4v) is 2.43. The molecule has 5 nitrogen and oxygen atoms in total. The Labute approximate surface area is 119 Å². The summed E-state index contributed by atoms with van der Waals surface area (Å²) < 4.78 is 0. The zero-order chi connectivity index (χ0) is 14.7. The lowest BCUT2D eigenvalue weighted by molar-refractivity contribution is 0.675. The monoisotopic (exact) mass is 271 g/mol. The van der Waals surface area contributed by atoms with E-state index in [1.807, 2.05) is 32.0 Å². The Morgan fingerprint density at radius 3 is 2.65 bits per heavy atom. The number of aromatic nitrogens is 3. The molecule has 0 bridgehead atoms. The van der Waals surface area contributed by atoms with Gasteiger partial charge < -0.3 is 10.6 Å². The molecule has 0 fully saturated rings. The smallest absolute Gasteiger partial charge is 0.133 e. The number of nitrogen functional groups attached to an aromatic ring is 1. The third-order valence-corrected chi connectivity index (χ3v) is 3.38. The normalized spacial score (nSPS) is 12.2. The number of anilines is 2. The predicted molar refractivity (Wildman–Crippen MR) is 81.6 cm³/mol. The molecule has 2 heterocycles. The van der Waals surface area contributed by atoms with Crippen LogP contribution in [-0.2, 0) is 0 Å². The van der Waals surface area contributed by atoms with Gasteiger partial charge in [0.05, 0.1) is 6.04 Å². The first-order valence-electron chi connectivity index (χ1n) is 6.82. The minimum atomic E-state index is 0.113. The van der Waals surface area contributed by atoms with E-state index >= 15 is 0 Å². The topological polar surface area (TPSA) is 67.9 Å². The number of rotatable bonds is 4. The first-order valence-corrected chi connectivity index (χ1v) is 6.82. The lowest BCUT2D eigenvalue weighted by Gasteiger charge is -2.30. The highest BCUT2D eigenvalue weighted by Crippen LogP contribution is 2.28. The molecular formula is C15H21N5. The van der Waals surface area contributed by atoms with Crippen LogP contribution >= 0.6 is 0 Å². The molecule has 2 aromatic rings. The van der Waals surface area contributed by atoms with Crippen molar-refractivity contribution in [3.63, 3.8) is 0 Å². The Hall–Kier alpha value is -2.17. The predicted octanol–water partition coefficient (Wildman–Crippen LogP) is 2.66. The minimum Gasteiger partial charge on any atom is -0.383 e. The van der Waals surface area contributed by atoms with E-state index in [1.54, 1.807) is 6.20 Å². The fraction of sp³-hybridized carbons (Fsp3) is 0.400. The van der Waals surface area contributed by atoms with Crippen molar-refractivity contribution >= 4 is 11.6 Å². The van der Waals surface area contributed by atoms with Crippen LogP contribution < -0.4 is 10.6 Å². The van der Waals surface area contributed by atoms with Gasteiger partial charge in [-0.3, -0.25) is 0 Å². The van der Waals surface area contributed by atoms with Crippen LogP contribution in [0.4, 0.5) is 11.6 Å². The molecule has 0 radical (unpaired) electrons. The molecule has 0 aliphatic carbocycles. The second-order valence-corrected chi connectivity index (χ2v) is 4.85. The van der Waals surface area contributed by atoms with E-state index in [0.717, 1.165) is 29.4 Å². The van der Waals surface area contributed by atoms with Crippen LogP contribution in [0.25, 0.3) is 0 Å². The highest BCUT2D eigenvalue weighted by atomic mass is 15.2. The molecule has 0 saturated heterocycles. The molecule has 2 N–H and O–H groups in total. The summed E-state index contributed by atoms with van der Waals surface area (Å²) in [5.74, 6) is 2.28. The van der Waals surface area contributed by atoms with Crippen molar-refractivity contribution in [1.29, 1.82) is 0 Å². The van der Waals surface area contributed by atoms with E-state index in [-0.39, 0.29) is 6.04 Å². The number of nitrogens with two attached hydrogens (primary N) is 1. The molecule has 2 rings (SSSR count). The molecule has 1 unspecified atom stereocenters. The molecule has 0 aliphatic rings. The van der Waals surface area contributed by atoms with Gasteiger partial charge in [0.15, 0.2) is 0 Å². The Morgan fingerprint density at radius 2 is 2.05 bits per heavy atom. The van der Waals surface area contributed by atoms with Crippen LogP contribution in [0.5, 0.6) is 0 Å². The molecule has 0 aromatic carbocycles. The zero-order valence-electron chi connectivity index (χ0n) is 12.5. The summed E-state index contributed by atoms with van der Waals surface area (Å²) in [7, 11) is 0. The number of hydrogen-bond donors (Lipinski definition) is 1. The van der Waals surface area contributed by atoms with Crippen LogP contribution in [0.2, 0.25) is 0 Å². The molecule has 0 saturated carbocycles. The molecular weight excluding hydrogens is 250 g/mol. The summed E-state index contributed by atoms with van der Waals surface area (Å²) in [4.78, 5) is 15.2. The first kappa shape index (κ1) is 14.2. The van der Waals surface area contributed by atoms with Crippen molar-refractivity contribution in [2.45, 2.75) is 33.7 Å². The van der Waals surface area contributed by atoms with Crippen LogP contribution in [0, 0.1) is 13.8 Å². The minimum absolute atomic E-state index is 0.113. The van der Waals surface area contributed by atoms with Gasteiger partial charge in [-0.25, -0.2) is 15.0 Å². The summed E-state index contributed by atoms with van der Waals surface area (Å²) in [6, 6.07) is 6.03. The van der Waals surface area contributed by atoms with E-state index in [2.05, 4.69) is 33.7 Å². The van der Waals surface area contributed by atoms with Gasteiger partial charge in [0.25, 0.3) is 0 Å². The quantitative estimate of drug-likeness (QED) is 0.926. The van der Waals surface area contributed by atoms with E-state index in [4.69, 9.17) is 5.73 Å². The summed E-state index contributed by atoms with van der Waals surface area (Å²) in [6.07, 6.45) is 1.71. The van der Waals surface area contributed by atoms with Crippen LogP contribution in [0.15, 0.2) is 24.4 Å². The van der Waals surface area contributed by atoms with E-state index in [1.165, 1.54) is 0 Å². The van der Waals surface area contributed by atoms with E-state index in [0.29, 0.717) is 5.82 Å². The SMILES string of the molecule is CCN(c1cc(C)nc(C)n1)C(C)c1cccnc1N. The molecule has 0 aliphatic heterocycles. The van der Waals surface area contributed by atoms with Gasteiger partial charge >= 0.3 is 0 Å². The van der Waals surface area contributed by atoms with E-state index in [9.17, 15) is 0 Å². The van der Waals surface area contributed by atoms with Crippen molar-refractivity contribution in [2.24, 2.45) is 0 Å². The zero-order valence-corrected chi connectivity index (χ0v) is 12.5. The third-order valence-electron chi connectivity index (χ3n) is 3.38. The molecule has 5 heteroatoms. The van der Waals surface area contributed by atoms with Gasteiger partial charge in [0.1, 0.15) is 17.5 Å². The fourth-order valence-electron chi connectivity index (χ4n) is 2.43. The summed E-state index contributed by atoms with van der Waals surface area (Å²) in [5.41, 5.74) is 7.97. The molecule has 0 amide bonds. The van der Waals surface area contributed by atoms with Crippen LogP contribution in [0.1, 0.15) is 37.0 Å². The van der Waals surface area contributed by atoms with Gasteiger partial charge in [-0.15, -0.1) is 0 Å². The second-order valence-electron chi connectivity index (χ2n) is 4.85. The molecule has 20 heavy (non-hydrogen) atoms. The van der Waals surface area contributed by atoms with Crippen molar-refractivity contribution in [2.75, 3.05) is 17.2 Å². The van der Waals surface area contributed by atoms with Gasteiger partial charge in [-0.2, -0.15) is 0 Å². The Morgan fingerprint density at radius 1 is 1.30 bits per heavy atom. The van der Waals surface area contributed by atoms with Gasteiger partial charge in [-0.1, -0.05) is 6.07 Å². The highest BCUT2D eigenvalue weighted by molar-refractivity contribution is 5.48.